The fourth-order valence-electron chi connectivity index (χ4n) is 4.24. The number of fused-ring (bicyclic) bond motifs is 4. The molecule has 2 aromatic heterocycles. The third kappa shape index (κ3) is 3.45. The minimum atomic E-state index is -4.93. The van der Waals surface area contributed by atoms with Gasteiger partial charge in [0.2, 0.25) is 0 Å². The van der Waals surface area contributed by atoms with Gasteiger partial charge in [0.1, 0.15) is 23.4 Å². The summed E-state index contributed by atoms with van der Waals surface area (Å²) in [6, 6.07) is 3.95. The number of carbonyl (C=O) groups excluding carboxylic acids is 1. The molecule has 2 aliphatic rings. The molecule has 0 spiro atoms. The van der Waals surface area contributed by atoms with Crippen molar-refractivity contribution in [2.75, 3.05) is 13.2 Å². The van der Waals surface area contributed by atoms with Crippen LogP contribution in [0.4, 0.5) is 22.0 Å². The molecule has 1 amide bonds. The van der Waals surface area contributed by atoms with Crippen LogP contribution in [0.5, 0.6) is 0 Å². The van der Waals surface area contributed by atoms with Crippen molar-refractivity contribution in [1.29, 1.82) is 0 Å². The van der Waals surface area contributed by atoms with Crippen LogP contribution in [0.1, 0.15) is 33.5 Å². The summed E-state index contributed by atoms with van der Waals surface area (Å²) < 4.78 is 75.0. The Morgan fingerprint density at radius 1 is 1.12 bits per heavy atom. The first kappa shape index (κ1) is 21.4. The highest BCUT2D eigenvalue weighted by molar-refractivity contribution is 5.95. The molecule has 2 bridgehead atoms. The van der Waals surface area contributed by atoms with Crippen LogP contribution in [0.2, 0.25) is 0 Å². The number of aryl methyl sites for hydroxylation is 1. The van der Waals surface area contributed by atoms with Crippen LogP contribution >= 0.6 is 0 Å². The molecule has 0 aliphatic carbocycles. The minimum absolute atomic E-state index is 0.0107. The fourth-order valence-corrected chi connectivity index (χ4v) is 4.24. The van der Waals surface area contributed by atoms with Gasteiger partial charge in [0.05, 0.1) is 36.1 Å². The highest BCUT2D eigenvalue weighted by atomic mass is 19.4. The summed E-state index contributed by atoms with van der Waals surface area (Å²) in [6.45, 7) is 1.77. The smallest absolute Gasteiger partial charge is 0.377 e. The third-order valence-electron chi connectivity index (χ3n) is 5.81. The number of hydrogen-bond donors (Lipinski definition) is 0. The SMILES string of the molecule is Cc1nc(-c2nnc3n2C[C@@H]2COC[C@H]3N2C(=O)c2cccc(C(F)(F)F)c2F)ccc1F. The molecule has 0 saturated carbocycles. The van der Waals surface area contributed by atoms with Crippen molar-refractivity contribution in [2.45, 2.75) is 31.7 Å². The molecule has 4 heterocycles. The van der Waals surface area contributed by atoms with E-state index in [0.29, 0.717) is 23.4 Å². The Hall–Kier alpha value is -3.41. The van der Waals surface area contributed by atoms with E-state index in [4.69, 9.17) is 4.74 Å². The number of ether oxygens (including phenoxy) is 1. The maximum absolute atomic E-state index is 14.7. The largest absolute Gasteiger partial charge is 0.419 e. The van der Waals surface area contributed by atoms with E-state index < -0.39 is 46.9 Å². The Morgan fingerprint density at radius 3 is 2.64 bits per heavy atom. The lowest BCUT2D eigenvalue weighted by atomic mass is 10.0. The van der Waals surface area contributed by atoms with Crippen LogP contribution in [0.25, 0.3) is 11.5 Å². The van der Waals surface area contributed by atoms with Crippen molar-refractivity contribution in [3.63, 3.8) is 0 Å². The Kier molecular flexibility index (Phi) is 4.92. The number of nitrogens with zero attached hydrogens (tertiary/aromatic N) is 5. The summed E-state index contributed by atoms with van der Waals surface area (Å²) in [6.07, 6.45) is -4.93. The van der Waals surface area contributed by atoms with Gasteiger partial charge in [0, 0.05) is 6.54 Å². The first-order valence-electron chi connectivity index (χ1n) is 9.99. The number of amides is 1. The number of rotatable bonds is 2. The highest BCUT2D eigenvalue weighted by Gasteiger charge is 2.45. The average molecular weight is 465 g/mol. The number of halogens is 5. The van der Waals surface area contributed by atoms with Crippen molar-refractivity contribution >= 4 is 5.91 Å². The van der Waals surface area contributed by atoms with Crippen LogP contribution in [0, 0.1) is 18.6 Å². The maximum atomic E-state index is 14.7. The quantitative estimate of drug-likeness (QED) is 0.542. The number of alkyl halides is 3. The van der Waals surface area contributed by atoms with E-state index in [9.17, 15) is 26.7 Å². The van der Waals surface area contributed by atoms with E-state index in [1.54, 1.807) is 4.57 Å². The molecule has 0 N–H and O–H groups in total. The lowest BCUT2D eigenvalue weighted by molar-refractivity contribution is -0.140. The Morgan fingerprint density at radius 2 is 1.91 bits per heavy atom. The van der Waals surface area contributed by atoms with Gasteiger partial charge in [-0.25, -0.2) is 13.8 Å². The summed E-state index contributed by atoms with van der Waals surface area (Å²) in [5, 5.41) is 8.28. The van der Waals surface area contributed by atoms with Crippen molar-refractivity contribution < 1.29 is 31.5 Å². The van der Waals surface area contributed by atoms with Gasteiger partial charge < -0.3 is 14.2 Å². The second kappa shape index (κ2) is 7.58. The van der Waals surface area contributed by atoms with E-state index >= 15 is 0 Å². The molecule has 33 heavy (non-hydrogen) atoms. The second-order valence-electron chi connectivity index (χ2n) is 7.84. The third-order valence-corrected chi connectivity index (χ3v) is 5.81. The standard InChI is InChI=1S/C21H16F5N5O2/c1-10-14(22)5-6-15(27-10)18-28-29-19-16-9-33-8-11(7-30(18)19)31(16)20(32)12-3-2-4-13(17(12)23)21(24,25)26/h2-6,11,16H,7-9H2,1H3/t11-,16-/m1/s1. The zero-order valence-electron chi connectivity index (χ0n) is 17.1. The summed E-state index contributed by atoms with van der Waals surface area (Å²) in [5.74, 6) is -2.29. The predicted octanol–water partition coefficient (Wildman–Crippen LogP) is 3.54. The van der Waals surface area contributed by atoms with Gasteiger partial charge >= 0.3 is 6.18 Å². The monoisotopic (exact) mass is 465 g/mol. The van der Waals surface area contributed by atoms with Gasteiger partial charge in [0.15, 0.2) is 11.6 Å². The molecule has 7 nitrogen and oxygen atoms in total. The van der Waals surface area contributed by atoms with Gasteiger partial charge in [-0.2, -0.15) is 13.2 Å². The molecular formula is C21H16F5N5O2. The molecule has 2 atom stereocenters. The van der Waals surface area contributed by atoms with Crippen molar-refractivity contribution in [1.82, 2.24) is 24.6 Å². The molecule has 172 valence electrons. The van der Waals surface area contributed by atoms with Gasteiger partial charge in [-0.15, -0.1) is 10.2 Å². The molecule has 0 radical (unpaired) electrons. The fraction of sp³-hybridized carbons (Fsp3) is 0.333. The number of hydrogen-bond acceptors (Lipinski definition) is 5. The normalized spacial score (nSPS) is 20.0. The van der Waals surface area contributed by atoms with E-state index in [2.05, 4.69) is 15.2 Å². The second-order valence-corrected chi connectivity index (χ2v) is 7.84. The van der Waals surface area contributed by atoms with Gasteiger partial charge in [0.25, 0.3) is 5.91 Å². The zero-order chi connectivity index (χ0) is 23.5. The summed E-state index contributed by atoms with van der Waals surface area (Å²) >= 11 is 0. The highest BCUT2D eigenvalue weighted by Crippen LogP contribution is 2.37. The van der Waals surface area contributed by atoms with Crippen LogP contribution in [0.3, 0.4) is 0 Å². The van der Waals surface area contributed by atoms with Crippen molar-refractivity contribution in [3.8, 4) is 11.5 Å². The average Bonchev–Trinajstić information content (AvgIpc) is 3.17. The molecule has 12 heteroatoms. The molecule has 1 fully saturated rings. The molecule has 1 saturated heterocycles. The summed E-state index contributed by atoms with van der Waals surface area (Å²) in [5.41, 5.74) is -1.61. The molecule has 2 aliphatic heterocycles. The maximum Gasteiger partial charge on any atom is 0.419 e. The Labute approximate surface area is 183 Å². The lowest BCUT2D eigenvalue weighted by Crippen LogP contribution is -2.56. The van der Waals surface area contributed by atoms with Crippen LogP contribution in [-0.4, -0.2) is 49.8 Å². The topological polar surface area (TPSA) is 73.1 Å². The van der Waals surface area contributed by atoms with E-state index in [-0.39, 0.29) is 25.5 Å². The van der Waals surface area contributed by atoms with E-state index in [1.807, 2.05) is 0 Å². The number of morpholine rings is 1. The molecule has 5 rings (SSSR count). The summed E-state index contributed by atoms with van der Waals surface area (Å²) in [7, 11) is 0. The molecule has 3 aromatic rings. The lowest BCUT2D eigenvalue weighted by Gasteiger charge is -2.45. The zero-order valence-corrected chi connectivity index (χ0v) is 17.1. The first-order chi connectivity index (χ1) is 15.7. The minimum Gasteiger partial charge on any atom is -0.377 e. The predicted molar refractivity (Wildman–Crippen MR) is 103 cm³/mol. The van der Waals surface area contributed by atoms with Gasteiger partial charge in [-0.3, -0.25) is 4.79 Å². The van der Waals surface area contributed by atoms with E-state index in [0.717, 1.165) is 12.1 Å². The van der Waals surface area contributed by atoms with Gasteiger partial charge in [-0.05, 0) is 31.2 Å². The van der Waals surface area contributed by atoms with Gasteiger partial charge in [-0.1, -0.05) is 6.07 Å². The number of pyridine rings is 1. The van der Waals surface area contributed by atoms with Crippen LogP contribution < -0.4 is 0 Å². The number of carbonyl (C=O) groups is 1. The van der Waals surface area contributed by atoms with Crippen molar-refractivity contribution in [2.24, 2.45) is 0 Å². The van der Waals surface area contributed by atoms with Crippen LogP contribution in [0.15, 0.2) is 30.3 Å². The van der Waals surface area contributed by atoms with Crippen LogP contribution in [-0.2, 0) is 17.5 Å². The van der Waals surface area contributed by atoms with Crippen molar-refractivity contribution in [3.05, 3.63) is 64.6 Å². The molecule has 0 unspecified atom stereocenters. The summed E-state index contributed by atoms with van der Waals surface area (Å²) in [4.78, 5) is 18.7. The van der Waals surface area contributed by atoms with E-state index in [1.165, 1.54) is 24.0 Å². The molecular weight excluding hydrogens is 449 g/mol. The molecule has 1 aromatic carbocycles. The first-order valence-corrected chi connectivity index (χ1v) is 9.99. The number of aromatic nitrogens is 4. The Bertz CT molecular complexity index is 1260. The number of benzene rings is 1. The Balaban J connectivity index is 1.54.